The van der Waals surface area contributed by atoms with Gasteiger partial charge in [0.15, 0.2) is 0 Å². The van der Waals surface area contributed by atoms with E-state index in [1.165, 1.54) is 0 Å². The van der Waals surface area contributed by atoms with Gasteiger partial charge in [0.2, 0.25) is 0 Å². The van der Waals surface area contributed by atoms with Crippen molar-refractivity contribution in [2.24, 2.45) is 0 Å². The van der Waals surface area contributed by atoms with Gasteiger partial charge in [-0.3, -0.25) is 0 Å². The second-order valence-corrected chi connectivity index (χ2v) is 5.59. The fourth-order valence-electron chi connectivity index (χ4n) is 1.39. The number of carboxylic acids is 1. The van der Waals surface area contributed by atoms with Gasteiger partial charge in [-0.05, 0) is 18.6 Å². The summed E-state index contributed by atoms with van der Waals surface area (Å²) >= 11 is 3.16. The third-order valence-electron chi connectivity index (χ3n) is 2.20. The fourth-order valence-corrected chi connectivity index (χ4v) is 3.25. The number of aryl methyl sites for hydroxylation is 1. The van der Waals surface area contributed by atoms with Crippen molar-refractivity contribution in [3.8, 4) is 0 Å². The van der Waals surface area contributed by atoms with E-state index in [9.17, 15) is 4.79 Å². The topological polar surface area (TPSA) is 50.2 Å². The Kier molecular flexibility index (Phi) is 3.81. The molecule has 0 aliphatic rings. The van der Waals surface area contributed by atoms with Crippen LogP contribution in [-0.4, -0.2) is 16.1 Å². The first-order chi connectivity index (χ1) is 8.16. The third-order valence-corrected chi connectivity index (χ3v) is 4.38. The lowest BCUT2D eigenvalue weighted by Crippen LogP contribution is -2.00. The molecule has 0 aliphatic carbocycles. The van der Waals surface area contributed by atoms with Crippen molar-refractivity contribution >= 4 is 29.1 Å². The molecule has 3 nitrogen and oxygen atoms in total. The van der Waals surface area contributed by atoms with Crippen LogP contribution in [0.15, 0.2) is 34.0 Å². The molecular formula is C12H11NO2S2. The number of carboxylic acid groups (broad SMARTS) is 1. The van der Waals surface area contributed by atoms with Crippen molar-refractivity contribution in [2.75, 3.05) is 0 Å². The van der Waals surface area contributed by atoms with Gasteiger partial charge in [-0.15, -0.1) is 11.3 Å². The second kappa shape index (κ2) is 5.33. The molecule has 17 heavy (non-hydrogen) atoms. The van der Waals surface area contributed by atoms with Crippen LogP contribution in [0, 0.1) is 6.92 Å². The molecule has 2 aromatic rings. The number of thiazole rings is 1. The number of aromatic carboxylic acids is 1. The molecular weight excluding hydrogens is 254 g/mol. The first-order valence-electron chi connectivity index (χ1n) is 5.03. The molecule has 0 unspecified atom stereocenters. The Bertz CT molecular complexity index is 537. The maximum absolute atomic E-state index is 11.0. The summed E-state index contributed by atoms with van der Waals surface area (Å²) in [7, 11) is 0. The Morgan fingerprint density at radius 2 is 2.24 bits per heavy atom. The molecule has 1 heterocycles. The molecule has 0 amide bonds. The van der Waals surface area contributed by atoms with E-state index in [2.05, 4.69) is 4.98 Å². The predicted molar refractivity (Wildman–Crippen MR) is 69.8 cm³/mol. The van der Waals surface area contributed by atoms with Gasteiger partial charge in [-0.2, -0.15) is 0 Å². The summed E-state index contributed by atoms with van der Waals surface area (Å²) in [6.45, 7) is 1.95. The minimum atomic E-state index is -0.878. The van der Waals surface area contributed by atoms with E-state index in [0.717, 1.165) is 15.6 Å². The second-order valence-electron chi connectivity index (χ2n) is 3.51. The summed E-state index contributed by atoms with van der Waals surface area (Å²) in [5.41, 5.74) is 2.20. The van der Waals surface area contributed by atoms with E-state index < -0.39 is 5.97 Å². The molecule has 0 atom stereocenters. The van der Waals surface area contributed by atoms with Crippen LogP contribution < -0.4 is 0 Å². The van der Waals surface area contributed by atoms with E-state index in [1.54, 1.807) is 35.2 Å². The number of benzene rings is 1. The fraction of sp³-hybridized carbons (Fsp3) is 0.167. The molecule has 0 saturated heterocycles. The number of hydrogen-bond donors (Lipinski definition) is 1. The lowest BCUT2D eigenvalue weighted by molar-refractivity contribution is 0.0696. The monoisotopic (exact) mass is 265 g/mol. The number of aromatic nitrogens is 1. The Morgan fingerprint density at radius 1 is 1.47 bits per heavy atom. The molecule has 2 rings (SSSR count). The van der Waals surface area contributed by atoms with Crippen LogP contribution in [0.25, 0.3) is 0 Å². The molecule has 1 N–H and O–H groups in total. The van der Waals surface area contributed by atoms with Gasteiger partial charge in [0, 0.05) is 16.8 Å². The summed E-state index contributed by atoms with van der Waals surface area (Å²) in [5.74, 6) is -0.244. The largest absolute Gasteiger partial charge is 0.478 e. The van der Waals surface area contributed by atoms with E-state index in [4.69, 9.17) is 5.11 Å². The van der Waals surface area contributed by atoms with E-state index >= 15 is 0 Å². The van der Waals surface area contributed by atoms with E-state index in [0.29, 0.717) is 11.3 Å². The molecule has 0 saturated carbocycles. The quantitative estimate of drug-likeness (QED) is 0.860. The number of rotatable bonds is 4. The smallest absolute Gasteiger partial charge is 0.335 e. The van der Waals surface area contributed by atoms with Crippen LogP contribution in [0.2, 0.25) is 0 Å². The van der Waals surface area contributed by atoms with E-state index in [1.807, 2.05) is 24.4 Å². The number of hydrogen-bond acceptors (Lipinski definition) is 4. The average Bonchev–Trinajstić information content (AvgIpc) is 2.73. The highest BCUT2D eigenvalue weighted by Crippen LogP contribution is 2.27. The van der Waals surface area contributed by atoms with Gasteiger partial charge in [0.1, 0.15) is 4.34 Å². The summed E-state index contributed by atoms with van der Waals surface area (Å²) in [6.07, 6.45) is 0. The minimum Gasteiger partial charge on any atom is -0.478 e. The number of carbonyl (C=O) groups is 1. The third kappa shape index (κ3) is 3.08. The van der Waals surface area contributed by atoms with Crippen molar-refractivity contribution in [2.45, 2.75) is 17.0 Å². The highest BCUT2D eigenvalue weighted by molar-refractivity contribution is 8.00. The average molecular weight is 265 g/mol. The maximum Gasteiger partial charge on any atom is 0.335 e. The van der Waals surface area contributed by atoms with Crippen LogP contribution in [0.3, 0.4) is 0 Å². The van der Waals surface area contributed by atoms with Crippen molar-refractivity contribution < 1.29 is 9.90 Å². The Morgan fingerprint density at radius 3 is 2.88 bits per heavy atom. The van der Waals surface area contributed by atoms with Crippen molar-refractivity contribution in [3.63, 3.8) is 0 Å². The van der Waals surface area contributed by atoms with Crippen molar-refractivity contribution in [3.05, 3.63) is 46.5 Å². The van der Waals surface area contributed by atoms with Crippen molar-refractivity contribution in [1.29, 1.82) is 0 Å². The highest BCUT2D eigenvalue weighted by Gasteiger charge is 2.09. The predicted octanol–water partition coefficient (Wildman–Crippen LogP) is 3.44. The standard InChI is InChI=1S/C12H11NO2S2/c1-8-6-16-12(13-8)17-7-9-4-2-3-5-10(9)11(14)15/h2-6H,7H2,1H3,(H,14,15). The van der Waals surface area contributed by atoms with Gasteiger partial charge >= 0.3 is 5.97 Å². The highest BCUT2D eigenvalue weighted by atomic mass is 32.2. The van der Waals surface area contributed by atoms with Gasteiger partial charge in [0.05, 0.1) is 5.56 Å². The molecule has 5 heteroatoms. The van der Waals surface area contributed by atoms with E-state index in [-0.39, 0.29) is 0 Å². The Balaban J connectivity index is 2.11. The zero-order chi connectivity index (χ0) is 12.3. The van der Waals surface area contributed by atoms with Gasteiger partial charge in [0.25, 0.3) is 0 Å². The maximum atomic E-state index is 11.0. The Labute approximate surface area is 108 Å². The molecule has 0 radical (unpaired) electrons. The minimum absolute atomic E-state index is 0.369. The lowest BCUT2D eigenvalue weighted by atomic mass is 10.1. The van der Waals surface area contributed by atoms with Crippen LogP contribution in [0.1, 0.15) is 21.6 Å². The molecule has 0 fully saturated rings. The molecule has 0 spiro atoms. The SMILES string of the molecule is Cc1csc(SCc2ccccc2C(=O)O)n1. The summed E-state index contributed by atoms with van der Waals surface area (Å²) in [5, 5.41) is 11.0. The van der Waals surface area contributed by atoms with Crippen LogP contribution in [-0.2, 0) is 5.75 Å². The van der Waals surface area contributed by atoms with Crippen LogP contribution >= 0.6 is 23.1 Å². The molecule has 1 aromatic heterocycles. The van der Waals surface area contributed by atoms with Gasteiger partial charge in [-0.1, -0.05) is 30.0 Å². The molecule has 1 aromatic carbocycles. The first-order valence-corrected chi connectivity index (χ1v) is 6.89. The number of thioether (sulfide) groups is 1. The van der Waals surface area contributed by atoms with Gasteiger partial charge in [-0.25, -0.2) is 9.78 Å². The zero-order valence-corrected chi connectivity index (χ0v) is 10.8. The summed E-state index contributed by atoms with van der Waals surface area (Å²) in [4.78, 5) is 15.3. The van der Waals surface area contributed by atoms with Crippen LogP contribution in [0.5, 0.6) is 0 Å². The van der Waals surface area contributed by atoms with Gasteiger partial charge < -0.3 is 5.11 Å². The summed E-state index contributed by atoms with van der Waals surface area (Å²) in [6, 6.07) is 7.07. The Hall–Kier alpha value is -1.33. The first kappa shape index (κ1) is 12.1. The summed E-state index contributed by atoms with van der Waals surface area (Å²) < 4.78 is 0.975. The molecule has 0 aliphatic heterocycles. The molecule has 0 bridgehead atoms. The van der Waals surface area contributed by atoms with Crippen LogP contribution in [0.4, 0.5) is 0 Å². The number of nitrogens with zero attached hydrogens (tertiary/aromatic N) is 1. The lowest BCUT2D eigenvalue weighted by Gasteiger charge is -2.03. The molecule has 88 valence electrons. The normalized spacial score (nSPS) is 10.4. The van der Waals surface area contributed by atoms with Crippen molar-refractivity contribution in [1.82, 2.24) is 4.98 Å². The zero-order valence-electron chi connectivity index (χ0n) is 9.21.